The third kappa shape index (κ3) is 3.73. The number of aliphatic hydroxyl groups is 1. The predicted molar refractivity (Wildman–Crippen MR) is 83.6 cm³/mol. The molecule has 0 amide bonds. The molecule has 0 saturated carbocycles. The number of anilines is 1. The van der Waals surface area contributed by atoms with Gasteiger partial charge in [0, 0.05) is 19.2 Å². The van der Waals surface area contributed by atoms with E-state index >= 15 is 0 Å². The summed E-state index contributed by atoms with van der Waals surface area (Å²) in [5.41, 5.74) is 1.37. The van der Waals surface area contributed by atoms with Gasteiger partial charge in [0.15, 0.2) is 0 Å². The molecule has 5 nitrogen and oxygen atoms in total. The van der Waals surface area contributed by atoms with Crippen molar-refractivity contribution >= 4 is 11.4 Å². The summed E-state index contributed by atoms with van der Waals surface area (Å²) in [6.45, 7) is 5.56. The van der Waals surface area contributed by atoms with Gasteiger partial charge in [-0.1, -0.05) is 19.4 Å². The highest BCUT2D eigenvalue weighted by atomic mass is 16.6. The Bertz CT molecular complexity index is 502. The summed E-state index contributed by atoms with van der Waals surface area (Å²) in [5.74, 6) is 0.728. The zero-order valence-corrected chi connectivity index (χ0v) is 12.8. The van der Waals surface area contributed by atoms with Crippen LogP contribution in [0.15, 0.2) is 18.2 Å². The highest BCUT2D eigenvalue weighted by molar-refractivity contribution is 5.64. The average molecular weight is 292 g/mol. The highest BCUT2D eigenvalue weighted by Crippen LogP contribution is 2.33. The van der Waals surface area contributed by atoms with Gasteiger partial charge in [-0.3, -0.25) is 10.1 Å². The third-order valence-corrected chi connectivity index (χ3v) is 4.44. The first-order chi connectivity index (χ1) is 10.0. The molecule has 5 heteroatoms. The number of hydrogen-bond acceptors (Lipinski definition) is 4. The lowest BCUT2D eigenvalue weighted by Crippen LogP contribution is -2.25. The Morgan fingerprint density at radius 3 is 2.81 bits per heavy atom. The second-order valence-corrected chi connectivity index (χ2v) is 5.87. The summed E-state index contributed by atoms with van der Waals surface area (Å²) in [5, 5.41) is 20.9. The van der Waals surface area contributed by atoms with E-state index in [-0.39, 0.29) is 10.6 Å². The molecule has 1 aromatic carbocycles. The van der Waals surface area contributed by atoms with E-state index in [0.29, 0.717) is 11.3 Å². The van der Waals surface area contributed by atoms with Gasteiger partial charge < -0.3 is 10.0 Å². The monoisotopic (exact) mass is 292 g/mol. The molecule has 2 rings (SSSR count). The van der Waals surface area contributed by atoms with Crippen molar-refractivity contribution < 1.29 is 10.0 Å². The van der Waals surface area contributed by atoms with Crippen molar-refractivity contribution in [2.75, 3.05) is 18.0 Å². The lowest BCUT2D eigenvalue weighted by atomic mass is 9.98. The first kappa shape index (κ1) is 15.8. The van der Waals surface area contributed by atoms with Crippen LogP contribution >= 0.6 is 0 Å². The second kappa shape index (κ2) is 6.89. The smallest absolute Gasteiger partial charge is 0.292 e. The van der Waals surface area contributed by atoms with Gasteiger partial charge in [-0.15, -0.1) is 0 Å². The van der Waals surface area contributed by atoms with E-state index in [1.807, 2.05) is 0 Å². The van der Waals surface area contributed by atoms with Crippen molar-refractivity contribution in [3.05, 3.63) is 33.9 Å². The number of benzene rings is 1. The van der Waals surface area contributed by atoms with E-state index in [9.17, 15) is 15.2 Å². The molecule has 1 N–H and O–H groups in total. The van der Waals surface area contributed by atoms with Crippen LogP contribution in [0.3, 0.4) is 0 Å². The number of nitrogens with zero attached hydrogens (tertiary/aromatic N) is 2. The Morgan fingerprint density at radius 2 is 2.19 bits per heavy atom. The molecule has 1 fully saturated rings. The van der Waals surface area contributed by atoms with Crippen LogP contribution in [-0.4, -0.2) is 23.1 Å². The summed E-state index contributed by atoms with van der Waals surface area (Å²) in [6.07, 6.45) is 3.86. The molecular weight excluding hydrogens is 268 g/mol. The van der Waals surface area contributed by atoms with E-state index in [0.717, 1.165) is 31.8 Å². The highest BCUT2D eigenvalue weighted by Gasteiger charge is 2.23. The van der Waals surface area contributed by atoms with Crippen molar-refractivity contribution in [3.63, 3.8) is 0 Å². The number of hydrogen-bond donors (Lipinski definition) is 1. The first-order valence-electron chi connectivity index (χ1n) is 7.74. The van der Waals surface area contributed by atoms with E-state index < -0.39 is 6.10 Å². The van der Waals surface area contributed by atoms with Crippen molar-refractivity contribution in [2.24, 2.45) is 5.92 Å². The molecule has 1 aromatic rings. The fraction of sp³-hybridized carbons (Fsp3) is 0.625. The molecule has 1 aliphatic heterocycles. The molecule has 1 heterocycles. The quantitative estimate of drug-likeness (QED) is 0.679. The van der Waals surface area contributed by atoms with Gasteiger partial charge in [-0.05, 0) is 43.7 Å². The van der Waals surface area contributed by atoms with Crippen molar-refractivity contribution in [2.45, 2.75) is 45.6 Å². The second-order valence-electron chi connectivity index (χ2n) is 5.87. The molecular formula is C16H24N2O3. The lowest BCUT2D eigenvalue weighted by Gasteiger charge is -2.23. The molecule has 116 valence electrons. The van der Waals surface area contributed by atoms with Crippen LogP contribution in [0.5, 0.6) is 0 Å². The molecule has 0 spiro atoms. The Hall–Kier alpha value is -1.62. The van der Waals surface area contributed by atoms with Crippen LogP contribution in [0, 0.1) is 16.0 Å². The maximum absolute atomic E-state index is 11.3. The standard InChI is InChI=1S/C16H24N2O3/c1-3-13-5-4-9-17(10-8-13)15-7-6-14(12(2)19)11-16(15)18(20)21/h6-7,11-13,19H,3-5,8-10H2,1-2H3/t12-,13?/m1/s1. The van der Waals surface area contributed by atoms with Crippen LogP contribution in [-0.2, 0) is 0 Å². The minimum absolute atomic E-state index is 0.100. The third-order valence-electron chi connectivity index (χ3n) is 4.44. The van der Waals surface area contributed by atoms with Gasteiger partial charge in [0.1, 0.15) is 5.69 Å². The molecule has 0 aliphatic carbocycles. The maximum Gasteiger partial charge on any atom is 0.292 e. The normalized spacial score (nSPS) is 20.9. The fourth-order valence-corrected chi connectivity index (χ4v) is 3.03. The molecule has 1 saturated heterocycles. The molecule has 1 aliphatic rings. The predicted octanol–water partition coefficient (Wildman–Crippen LogP) is 3.66. The first-order valence-corrected chi connectivity index (χ1v) is 7.74. The van der Waals surface area contributed by atoms with Crippen molar-refractivity contribution in [1.82, 2.24) is 0 Å². The Kier molecular flexibility index (Phi) is 5.17. The van der Waals surface area contributed by atoms with Crippen LogP contribution in [0.4, 0.5) is 11.4 Å². The summed E-state index contributed by atoms with van der Waals surface area (Å²) < 4.78 is 0. The van der Waals surface area contributed by atoms with Crippen molar-refractivity contribution in [3.8, 4) is 0 Å². The number of nitro benzene ring substituents is 1. The van der Waals surface area contributed by atoms with E-state index in [1.165, 1.54) is 18.9 Å². The Morgan fingerprint density at radius 1 is 1.43 bits per heavy atom. The van der Waals surface area contributed by atoms with Crippen LogP contribution in [0.25, 0.3) is 0 Å². The van der Waals surface area contributed by atoms with E-state index in [2.05, 4.69) is 11.8 Å². The molecule has 0 radical (unpaired) electrons. The van der Waals surface area contributed by atoms with Crippen LogP contribution in [0.1, 0.15) is 51.2 Å². The van der Waals surface area contributed by atoms with Crippen molar-refractivity contribution in [1.29, 1.82) is 0 Å². The SMILES string of the molecule is CCC1CCCN(c2ccc([C@@H](C)O)cc2[N+](=O)[O-])CC1. The Labute approximate surface area is 125 Å². The molecule has 21 heavy (non-hydrogen) atoms. The summed E-state index contributed by atoms with van der Waals surface area (Å²) in [6, 6.07) is 5.07. The van der Waals surface area contributed by atoms with Gasteiger partial charge in [0.05, 0.1) is 11.0 Å². The van der Waals surface area contributed by atoms with E-state index in [4.69, 9.17) is 0 Å². The van der Waals surface area contributed by atoms with E-state index in [1.54, 1.807) is 19.1 Å². The number of rotatable bonds is 4. The van der Waals surface area contributed by atoms with Crippen LogP contribution in [0.2, 0.25) is 0 Å². The zero-order chi connectivity index (χ0) is 15.4. The molecule has 2 atom stereocenters. The summed E-state index contributed by atoms with van der Waals surface area (Å²) in [7, 11) is 0. The largest absolute Gasteiger partial charge is 0.389 e. The molecule has 0 aromatic heterocycles. The van der Waals surface area contributed by atoms with Gasteiger partial charge in [0.2, 0.25) is 0 Å². The van der Waals surface area contributed by atoms with Crippen LogP contribution < -0.4 is 4.90 Å². The topological polar surface area (TPSA) is 66.6 Å². The summed E-state index contributed by atoms with van der Waals surface area (Å²) in [4.78, 5) is 13.1. The number of aliphatic hydroxyl groups excluding tert-OH is 1. The maximum atomic E-state index is 11.3. The number of nitro groups is 1. The summed E-state index contributed by atoms with van der Waals surface area (Å²) >= 11 is 0. The Balaban J connectivity index is 2.28. The fourth-order valence-electron chi connectivity index (χ4n) is 3.03. The van der Waals surface area contributed by atoms with Gasteiger partial charge in [0.25, 0.3) is 5.69 Å². The minimum atomic E-state index is -0.689. The van der Waals surface area contributed by atoms with Gasteiger partial charge >= 0.3 is 0 Å². The lowest BCUT2D eigenvalue weighted by molar-refractivity contribution is -0.384. The van der Waals surface area contributed by atoms with Gasteiger partial charge in [-0.2, -0.15) is 0 Å². The van der Waals surface area contributed by atoms with Gasteiger partial charge in [-0.25, -0.2) is 0 Å². The molecule has 1 unspecified atom stereocenters. The molecule has 0 bridgehead atoms. The average Bonchev–Trinajstić information content (AvgIpc) is 2.71. The zero-order valence-electron chi connectivity index (χ0n) is 12.8. The minimum Gasteiger partial charge on any atom is -0.389 e.